The summed E-state index contributed by atoms with van der Waals surface area (Å²) in [4.78, 5) is 16.3. The minimum atomic E-state index is -2.26. The maximum Gasteiger partial charge on any atom is 0.337 e. The molecule has 1 fully saturated rings. The maximum absolute atomic E-state index is 14.5. The van der Waals surface area contributed by atoms with Crippen molar-refractivity contribution in [3.63, 3.8) is 0 Å². The molecule has 0 radical (unpaired) electrons. The zero-order valence-corrected chi connectivity index (χ0v) is 19.3. The summed E-state index contributed by atoms with van der Waals surface area (Å²) in [5.74, 6) is -1.24. The molecule has 7 nitrogen and oxygen atoms in total. The van der Waals surface area contributed by atoms with E-state index in [1.165, 1.54) is 23.5 Å². The molecule has 174 valence electrons. The molecular formula is C23H30FN3O4S. The topological polar surface area (TPSA) is 73.3 Å². The molecule has 0 aliphatic carbocycles. The number of piperazine rings is 1. The minimum absolute atomic E-state index is 0.0410. The first-order valence-corrected chi connectivity index (χ1v) is 11.7. The second-order valence-electron chi connectivity index (χ2n) is 7.95. The normalized spacial score (nSPS) is 17.3. The van der Waals surface area contributed by atoms with E-state index in [0.717, 1.165) is 37.8 Å². The van der Waals surface area contributed by atoms with Crippen molar-refractivity contribution in [1.82, 2.24) is 14.1 Å². The van der Waals surface area contributed by atoms with Crippen LogP contribution >= 0.6 is 0 Å². The molecule has 2 aromatic carbocycles. The van der Waals surface area contributed by atoms with Gasteiger partial charge in [0.15, 0.2) is 0 Å². The van der Waals surface area contributed by atoms with E-state index in [0.29, 0.717) is 13.0 Å². The lowest BCUT2D eigenvalue weighted by molar-refractivity contribution is 0.0600. The van der Waals surface area contributed by atoms with E-state index in [9.17, 15) is 17.9 Å². The Balaban J connectivity index is 1.72. The van der Waals surface area contributed by atoms with E-state index in [2.05, 4.69) is 33.7 Å². The summed E-state index contributed by atoms with van der Waals surface area (Å²) in [7, 11) is 3.33. The van der Waals surface area contributed by atoms with Crippen molar-refractivity contribution in [1.29, 1.82) is 0 Å². The third kappa shape index (κ3) is 6.43. The van der Waals surface area contributed by atoms with E-state index >= 15 is 0 Å². The Labute approximate surface area is 191 Å². The summed E-state index contributed by atoms with van der Waals surface area (Å²) in [6, 6.07) is 14.2. The van der Waals surface area contributed by atoms with Crippen molar-refractivity contribution in [3.8, 4) is 0 Å². The number of carbonyl (C=O) groups excluding carboxylic acids is 1. The summed E-state index contributed by atoms with van der Waals surface area (Å²) in [6.45, 7) is 4.05. The van der Waals surface area contributed by atoms with Gasteiger partial charge in [-0.25, -0.2) is 13.4 Å². The van der Waals surface area contributed by atoms with Crippen molar-refractivity contribution in [2.24, 2.45) is 0 Å². The van der Waals surface area contributed by atoms with Gasteiger partial charge in [-0.3, -0.25) is 9.45 Å². The lowest BCUT2D eigenvalue weighted by Gasteiger charge is -2.38. The van der Waals surface area contributed by atoms with Gasteiger partial charge in [-0.05, 0) is 31.2 Å². The van der Waals surface area contributed by atoms with Gasteiger partial charge >= 0.3 is 5.97 Å². The SMILES string of the molecule is COC(=O)c1ccc(CN(CCC(c2ccccc2)N2CCN(C)CC2)S(=O)O)c(F)c1. The quantitative estimate of drug-likeness (QED) is 0.455. The van der Waals surface area contributed by atoms with Crippen LogP contribution in [0, 0.1) is 5.82 Å². The van der Waals surface area contributed by atoms with E-state index in [4.69, 9.17) is 0 Å². The zero-order valence-electron chi connectivity index (χ0n) is 18.4. The van der Waals surface area contributed by atoms with Crippen molar-refractivity contribution in [2.75, 3.05) is 46.9 Å². The largest absolute Gasteiger partial charge is 0.465 e. The molecule has 0 aromatic heterocycles. The molecule has 2 unspecified atom stereocenters. The molecular weight excluding hydrogens is 433 g/mol. The second kappa shape index (κ2) is 11.6. The Morgan fingerprint density at radius 3 is 2.47 bits per heavy atom. The van der Waals surface area contributed by atoms with Crippen molar-refractivity contribution in [2.45, 2.75) is 19.0 Å². The summed E-state index contributed by atoms with van der Waals surface area (Å²) >= 11 is -2.26. The van der Waals surface area contributed by atoms with Crippen LogP contribution in [0.5, 0.6) is 0 Å². The highest BCUT2D eigenvalue weighted by Crippen LogP contribution is 2.26. The first-order chi connectivity index (χ1) is 15.4. The lowest BCUT2D eigenvalue weighted by atomic mass is 10.0. The van der Waals surface area contributed by atoms with Crippen molar-refractivity contribution in [3.05, 3.63) is 71.0 Å². The van der Waals surface area contributed by atoms with Gasteiger partial charge in [0.25, 0.3) is 0 Å². The molecule has 0 bridgehead atoms. The van der Waals surface area contributed by atoms with Gasteiger partial charge < -0.3 is 9.64 Å². The molecule has 0 spiro atoms. The standard InChI is InChI=1S/C23H30FN3O4S/c1-25-12-14-26(15-13-25)22(18-6-4-3-5-7-18)10-11-27(32(29)30)17-20-9-8-19(16-21(20)24)23(28)31-2/h3-9,16,22H,10-15,17H2,1-2H3,(H,29,30). The van der Waals surface area contributed by atoms with Crippen LogP contribution in [0.4, 0.5) is 4.39 Å². The monoisotopic (exact) mass is 463 g/mol. The van der Waals surface area contributed by atoms with E-state index in [1.807, 2.05) is 18.2 Å². The first-order valence-electron chi connectivity index (χ1n) is 10.6. The van der Waals surface area contributed by atoms with Gasteiger partial charge in [0, 0.05) is 50.9 Å². The Bertz CT molecular complexity index is 923. The fourth-order valence-corrected chi connectivity index (χ4v) is 4.47. The summed E-state index contributed by atoms with van der Waals surface area (Å²) in [6.07, 6.45) is 0.627. The first kappa shape index (κ1) is 24.5. The molecule has 3 rings (SSSR count). The van der Waals surface area contributed by atoms with Gasteiger partial charge in [-0.2, -0.15) is 4.31 Å². The van der Waals surface area contributed by atoms with Crippen molar-refractivity contribution < 1.29 is 22.7 Å². The van der Waals surface area contributed by atoms with E-state index < -0.39 is 23.1 Å². The Morgan fingerprint density at radius 2 is 1.88 bits per heavy atom. The number of methoxy groups -OCH3 is 1. The van der Waals surface area contributed by atoms with Crippen molar-refractivity contribution >= 4 is 17.2 Å². The lowest BCUT2D eigenvalue weighted by Crippen LogP contribution is -2.46. The average Bonchev–Trinajstić information content (AvgIpc) is 2.80. The highest BCUT2D eigenvalue weighted by atomic mass is 32.2. The van der Waals surface area contributed by atoms with Gasteiger partial charge in [0.1, 0.15) is 5.82 Å². The van der Waals surface area contributed by atoms with Crippen LogP contribution < -0.4 is 0 Å². The van der Waals surface area contributed by atoms with Crippen LogP contribution in [0.1, 0.15) is 33.9 Å². The van der Waals surface area contributed by atoms with E-state index in [1.54, 1.807) is 0 Å². The number of esters is 1. The molecule has 9 heteroatoms. The molecule has 1 N–H and O–H groups in total. The number of ether oxygens (including phenoxy) is 1. The maximum atomic E-state index is 14.5. The molecule has 0 saturated carbocycles. The number of rotatable bonds is 9. The van der Waals surface area contributed by atoms with Crippen LogP contribution in [0.25, 0.3) is 0 Å². The summed E-state index contributed by atoms with van der Waals surface area (Å²) in [5.41, 5.74) is 1.51. The van der Waals surface area contributed by atoms with Gasteiger partial charge in [0.2, 0.25) is 11.3 Å². The summed E-state index contributed by atoms with van der Waals surface area (Å²) < 4.78 is 42.4. The fourth-order valence-electron chi connectivity index (χ4n) is 3.96. The van der Waals surface area contributed by atoms with Crippen LogP contribution in [0.15, 0.2) is 48.5 Å². The number of benzene rings is 2. The Hall–Kier alpha value is -2.17. The molecule has 1 saturated heterocycles. The highest BCUT2D eigenvalue weighted by molar-refractivity contribution is 7.76. The number of likely N-dealkylation sites (N-methyl/N-ethyl adjacent to an activating group) is 1. The number of halogens is 1. The molecule has 2 aromatic rings. The minimum Gasteiger partial charge on any atom is -0.465 e. The highest BCUT2D eigenvalue weighted by Gasteiger charge is 2.25. The van der Waals surface area contributed by atoms with Crippen LogP contribution in [-0.4, -0.2) is 75.7 Å². The molecule has 1 aliphatic rings. The number of carbonyl (C=O) groups is 1. The van der Waals surface area contributed by atoms with E-state index in [-0.39, 0.29) is 23.7 Å². The molecule has 1 heterocycles. The molecule has 32 heavy (non-hydrogen) atoms. The average molecular weight is 464 g/mol. The Morgan fingerprint density at radius 1 is 1.19 bits per heavy atom. The third-order valence-corrected chi connectivity index (χ3v) is 6.61. The van der Waals surface area contributed by atoms with Crippen LogP contribution in [0.2, 0.25) is 0 Å². The Kier molecular flexibility index (Phi) is 8.89. The van der Waals surface area contributed by atoms with Gasteiger partial charge in [0.05, 0.1) is 12.7 Å². The van der Waals surface area contributed by atoms with Crippen LogP contribution in [-0.2, 0) is 22.5 Å². The number of hydrogen-bond acceptors (Lipinski definition) is 5. The van der Waals surface area contributed by atoms with Crippen LogP contribution in [0.3, 0.4) is 0 Å². The number of hydrogen-bond donors (Lipinski definition) is 1. The summed E-state index contributed by atoms with van der Waals surface area (Å²) in [5, 5.41) is 0. The van der Waals surface area contributed by atoms with Gasteiger partial charge in [-0.15, -0.1) is 0 Å². The smallest absolute Gasteiger partial charge is 0.337 e. The predicted octanol–water partition coefficient (Wildman–Crippen LogP) is 2.93. The zero-order chi connectivity index (χ0) is 23.1. The molecule has 1 aliphatic heterocycles. The van der Waals surface area contributed by atoms with Gasteiger partial charge in [-0.1, -0.05) is 36.4 Å². The molecule has 0 amide bonds. The third-order valence-electron chi connectivity index (χ3n) is 5.86. The second-order valence-corrected chi connectivity index (χ2v) is 8.92. The number of nitrogens with zero attached hydrogens (tertiary/aromatic N) is 3. The molecule has 2 atom stereocenters. The predicted molar refractivity (Wildman–Crippen MR) is 122 cm³/mol. The fraction of sp³-hybridized carbons (Fsp3) is 0.435.